The number of alkyl halides is 2. The predicted octanol–water partition coefficient (Wildman–Crippen LogP) is 3.21. The summed E-state index contributed by atoms with van der Waals surface area (Å²) in [7, 11) is 3.12. The van der Waals surface area contributed by atoms with Gasteiger partial charge in [0.05, 0.1) is 25.6 Å². The number of nitrogens with one attached hydrogen (secondary N) is 1. The number of amides is 2. The molecule has 2 aromatic heterocycles. The summed E-state index contributed by atoms with van der Waals surface area (Å²) in [4.78, 5) is 35.2. The lowest BCUT2D eigenvalue weighted by molar-refractivity contribution is -0.129. The molecule has 1 fully saturated rings. The molecule has 4 rings (SSSR count). The lowest BCUT2D eigenvalue weighted by Crippen LogP contribution is -2.34. The quantitative estimate of drug-likeness (QED) is 0.374. The van der Waals surface area contributed by atoms with E-state index >= 15 is 0 Å². The number of anilines is 1. The number of carbonyl (C=O) groups is 2. The fraction of sp³-hybridized carbons (Fsp3) is 0.400. The molecule has 0 bridgehead atoms. The molecule has 1 aliphatic heterocycles. The molecule has 2 amide bonds. The van der Waals surface area contributed by atoms with Crippen molar-refractivity contribution in [2.75, 3.05) is 32.6 Å². The Labute approximate surface area is 224 Å². The molecule has 2 unspecified atom stereocenters. The first kappa shape index (κ1) is 26.5. The number of aromatic nitrogens is 4. The Balaban J connectivity index is 1.80. The minimum atomic E-state index is -0.772. The zero-order valence-corrected chi connectivity index (χ0v) is 22.3. The van der Waals surface area contributed by atoms with E-state index in [1.54, 1.807) is 55.8 Å². The van der Waals surface area contributed by atoms with Crippen molar-refractivity contribution in [3.63, 3.8) is 0 Å². The summed E-state index contributed by atoms with van der Waals surface area (Å²) >= 11 is 12.0. The molecular weight excluding hydrogens is 519 g/mol. The summed E-state index contributed by atoms with van der Waals surface area (Å²) in [6.07, 6.45) is 2.01. The lowest BCUT2D eigenvalue weighted by atomic mass is 10.2. The third kappa shape index (κ3) is 5.73. The zero-order chi connectivity index (χ0) is 26.7. The molecule has 1 saturated heterocycles. The predicted molar refractivity (Wildman–Crippen MR) is 140 cm³/mol. The van der Waals surface area contributed by atoms with Gasteiger partial charge in [-0.15, -0.1) is 23.2 Å². The highest BCUT2D eigenvalue weighted by Gasteiger charge is 2.32. The summed E-state index contributed by atoms with van der Waals surface area (Å²) in [5.74, 6) is 7.06. The van der Waals surface area contributed by atoms with Gasteiger partial charge in [-0.05, 0) is 38.3 Å². The first-order chi connectivity index (χ1) is 17.7. The van der Waals surface area contributed by atoms with E-state index in [4.69, 9.17) is 37.8 Å². The van der Waals surface area contributed by atoms with Gasteiger partial charge in [-0.2, -0.15) is 5.10 Å². The van der Waals surface area contributed by atoms with Crippen LogP contribution in [0.1, 0.15) is 37.6 Å². The van der Waals surface area contributed by atoms with Crippen LogP contribution in [0.2, 0.25) is 0 Å². The van der Waals surface area contributed by atoms with Gasteiger partial charge in [-0.3, -0.25) is 9.59 Å². The van der Waals surface area contributed by atoms with E-state index in [9.17, 15) is 9.59 Å². The summed E-state index contributed by atoms with van der Waals surface area (Å²) in [6.45, 7) is 4.20. The molecule has 0 aliphatic carbocycles. The molecule has 0 radical (unpaired) electrons. The average Bonchev–Trinajstić information content (AvgIpc) is 3.52. The summed E-state index contributed by atoms with van der Waals surface area (Å²) in [6, 6.07) is 5.15. The van der Waals surface area contributed by atoms with Crippen molar-refractivity contribution < 1.29 is 19.1 Å². The third-order valence-electron chi connectivity index (χ3n) is 5.93. The van der Waals surface area contributed by atoms with Crippen LogP contribution in [0, 0.1) is 11.8 Å². The van der Waals surface area contributed by atoms with Crippen molar-refractivity contribution >= 4 is 51.9 Å². The van der Waals surface area contributed by atoms with Crippen molar-refractivity contribution in [1.82, 2.24) is 24.6 Å². The van der Waals surface area contributed by atoms with Gasteiger partial charge in [0.2, 0.25) is 11.8 Å². The van der Waals surface area contributed by atoms with Gasteiger partial charge in [-0.25, -0.2) is 14.6 Å². The van der Waals surface area contributed by atoms with Gasteiger partial charge < -0.3 is 19.7 Å². The number of rotatable bonds is 6. The normalized spacial score (nSPS) is 16.6. The molecule has 37 heavy (non-hydrogen) atoms. The van der Waals surface area contributed by atoms with Gasteiger partial charge >= 0.3 is 0 Å². The van der Waals surface area contributed by atoms with Gasteiger partial charge in [0.25, 0.3) is 0 Å². The van der Waals surface area contributed by atoms with Gasteiger partial charge in [0.15, 0.2) is 5.65 Å². The van der Waals surface area contributed by atoms with Crippen LogP contribution < -0.4 is 14.8 Å². The first-order valence-electron chi connectivity index (χ1n) is 11.6. The van der Waals surface area contributed by atoms with Crippen LogP contribution in [0.15, 0.2) is 24.5 Å². The minimum Gasteiger partial charge on any atom is -0.497 e. The Morgan fingerprint density at radius 2 is 1.78 bits per heavy atom. The molecule has 10 nitrogen and oxygen atoms in total. The maximum atomic E-state index is 12.4. The molecule has 0 saturated carbocycles. The number of benzene rings is 1. The van der Waals surface area contributed by atoms with E-state index in [2.05, 4.69) is 27.1 Å². The molecule has 3 aromatic rings. The van der Waals surface area contributed by atoms with Crippen LogP contribution in [0.25, 0.3) is 11.0 Å². The second-order valence-electron chi connectivity index (χ2n) is 8.51. The minimum absolute atomic E-state index is 0.133. The Hall–Kier alpha value is -3.55. The number of halogens is 2. The average molecular weight is 545 g/mol. The molecular formula is C25H26Cl2N6O4. The third-order valence-corrected chi connectivity index (χ3v) is 6.31. The number of hydrogen-bond donors (Lipinski definition) is 1. The van der Waals surface area contributed by atoms with E-state index in [0.717, 1.165) is 0 Å². The Morgan fingerprint density at radius 3 is 2.41 bits per heavy atom. The number of likely N-dealkylation sites (tertiary alicyclic amines) is 1. The molecule has 1 aliphatic rings. The smallest absolute Gasteiger partial charge is 0.243 e. The number of carbonyl (C=O) groups excluding carboxylic acids is 2. The monoisotopic (exact) mass is 544 g/mol. The van der Waals surface area contributed by atoms with Crippen molar-refractivity contribution in [3.8, 4) is 23.3 Å². The topological polar surface area (TPSA) is 111 Å². The van der Waals surface area contributed by atoms with Gasteiger partial charge in [0.1, 0.15) is 40.1 Å². The highest BCUT2D eigenvalue weighted by atomic mass is 35.5. The number of ether oxygens (including phenoxy) is 2. The van der Waals surface area contributed by atoms with Crippen molar-refractivity contribution in [3.05, 3.63) is 35.8 Å². The van der Waals surface area contributed by atoms with Crippen molar-refractivity contribution in [2.24, 2.45) is 0 Å². The molecule has 0 spiro atoms. The van der Waals surface area contributed by atoms with Crippen molar-refractivity contribution in [1.29, 1.82) is 0 Å². The zero-order valence-electron chi connectivity index (χ0n) is 20.8. The second-order valence-corrected chi connectivity index (χ2v) is 9.82. The van der Waals surface area contributed by atoms with E-state index < -0.39 is 16.7 Å². The Bertz CT molecular complexity index is 1370. The summed E-state index contributed by atoms with van der Waals surface area (Å²) < 4.78 is 12.4. The second kappa shape index (κ2) is 11.2. The van der Waals surface area contributed by atoms with Crippen LogP contribution in [-0.4, -0.2) is 74.5 Å². The van der Waals surface area contributed by atoms with Crippen molar-refractivity contribution in [2.45, 2.75) is 37.1 Å². The summed E-state index contributed by atoms with van der Waals surface area (Å²) in [5, 5.41) is 6.58. The number of fused-ring (bicyclic) bond motifs is 1. The highest BCUT2D eigenvalue weighted by molar-refractivity contribution is 6.32. The summed E-state index contributed by atoms with van der Waals surface area (Å²) in [5.41, 5.74) is 1.49. The standard InChI is InChI=1S/C25H26Cl2N6O4/c1-14(26)24(34)30-22-21-20(6-5-16-9-18(36-3)11-19(10-16)37-4)31-33(23(21)29-13-28-22)17-7-8-32(12-17)25(35)15(2)27/h9-11,13-15,17H,7-8,12H2,1-4H3,(H,28,29,30,34)/t14?,15?,17-/m0/s1. The molecule has 1 N–H and O–H groups in total. The lowest BCUT2D eigenvalue weighted by Gasteiger charge is -2.18. The Morgan fingerprint density at radius 1 is 1.08 bits per heavy atom. The maximum Gasteiger partial charge on any atom is 0.243 e. The van der Waals surface area contributed by atoms with E-state index in [1.165, 1.54) is 6.33 Å². The Kier molecular flexibility index (Phi) is 8.05. The SMILES string of the molecule is COc1cc(C#Cc2nn([C@H]3CCN(C(=O)C(C)Cl)C3)c3ncnc(NC(=O)C(C)Cl)c23)cc(OC)c1. The molecule has 3 heterocycles. The van der Waals surface area contributed by atoms with Crippen LogP contribution in [-0.2, 0) is 9.59 Å². The van der Waals surface area contributed by atoms with Crippen LogP contribution in [0.4, 0.5) is 5.82 Å². The largest absolute Gasteiger partial charge is 0.497 e. The van der Waals surface area contributed by atoms with E-state index in [-0.39, 0.29) is 17.8 Å². The highest BCUT2D eigenvalue weighted by Crippen LogP contribution is 2.30. The van der Waals surface area contributed by atoms with Gasteiger partial charge in [-0.1, -0.05) is 5.92 Å². The van der Waals surface area contributed by atoms with E-state index in [0.29, 0.717) is 53.3 Å². The number of methoxy groups -OCH3 is 2. The fourth-order valence-corrected chi connectivity index (χ4v) is 4.22. The van der Waals surface area contributed by atoms with Crippen LogP contribution in [0.5, 0.6) is 11.5 Å². The van der Waals surface area contributed by atoms with Crippen LogP contribution >= 0.6 is 23.2 Å². The maximum absolute atomic E-state index is 12.4. The first-order valence-corrected chi connectivity index (χ1v) is 12.4. The molecule has 12 heteroatoms. The number of nitrogens with zero attached hydrogens (tertiary/aromatic N) is 5. The molecule has 1 aromatic carbocycles. The molecule has 3 atom stereocenters. The van der Waals surface area contributed by atoms with E-state index in [1.807, 2.05) is 0 Å². The van der Waals surface area contributed by atoms with Crippen LogP contribution in [0.3, 0.4) is 0 Å². The van der Waals surface area contributed by atoms with Gasteiger partial charge in [0, 0.05) is 24.7 Å². The fourth-order valence-electron chi connectivity index (χ4n) is 4.03. The molecule has 194 valence electrons. The number of hydrogen-bond acceptors (Lipinski definition) is 7.